The van der Waals surface area contributed by atoms with Gasteiger partial charge in [-0.1, -0.05) is 45.9 Å². The summed E-state index contributed by atoms with van der Waals surface area (Å²) in [6.45, 7) is 10.1. The SMILES string of the molecule is CCNC1c2cc(C(C)C)ccc2CSC1C. The average Bonchev–Trinajstić information content (AvgIpc) is 2.32. The van der Waals surface area contributed by atoms with Crippen LogP contribution in [0.4, 0.5) is 0 Å². The lowest BCUT2D eigenvalue weighted by atomic mass is 9.92. The Kier molecular flexibility index (Phi) is 4.16. The van der Waals surface area contributed by atoms with Crippen molar-refractivity contribution in [2.45, 2.75) is 50.7 Å². The van der Waals surface area contributed by atoms with Gasteiger partial charge in [0.15, 0.2) is 0 Å². The Labute approximate surface area is 109 Å². The molecule has 1 aromatic carbocycles. The molecule has 0 bridgehead atoms. The highest BCUT2D eigenvalue weighted by molar-refractivity contribution is 7.99. The highest BCUT2D eigenvalue weighted by Gasteiger charge is 2.26. The van der Waals surface area contributed by atoms with Crippen molar-refractivity contribution >= 4 is 11.8 Å². The molecule has 0 radical (unpaired) electrons. The van der Waals surface area contributed by atoms with Gasteiger partial charge in [0.05, 0.1) is 0 Å². The van der Waals surface area contributed by atoms with Crippen LogP contribution in [0.3, 0.4) is 0 Å². The largest absolute Gasteiger partial charge is 0.309 e. The lowest BCUT2D eigenvalue weighted by molar-refractivity contribution is 0.539. The molecule has 0 aromatic heterocycles. The molecule has 2 rings (SSSR count). The van der Waals surface area contributed by atoms with Crippen molar-refractivity contribution in [3.8, 4) is 0 Å². The topological polar surface area (TPSA) is 12.0 Å². The molecular weight excluding hydrogens is 226 g/mol. The first kappa shape index (κ1) is 13.0. The van der Waals surface area contributed by atoms with Crippen molar-refractivity contribution in [2.24, 2.45) is 0 Å². The molecule has 0 aliphatic carbocycles. The predicted molar refractivity (Wildman–Crippen MR) is 77.7 cm³/mol. The number of rotatable bonds is 3. The van der Waals surface area contributed by atoms with Crippen LogP contribution in [0.5, 0.6) is 0 Å². The lowest BCUT2D eigenvalue weighted by Gasteiger charge is -2.32. The third kappa shape index (κ3) is 2.69. The summed E-state index contributed by atoms with van der Waals surface area (Å²) in [5.74, 6) is 1.78. The summed E-state index contributed by atoms with van der Waals surface area (Å²) in [4.78, 5) is 0. The molecule has 17 heavy (non-hydrogen) atoms. The molecule has 1 aliphatic rings. The Morgan fingerprint density at radius 2 is 2.18 bits per heavy atom. The molecule has 1 aliphatic heterocycles. The molecule has 1 aromatic rings. The Hall–Kier alpha value is -0.470. The maximum Gasteiger partial charge on any atom is 0.0441 e. The normalized spacial score (nSPS) is 23.8. The van der Waals surface area contributed by atoms with Crippen LogP contribution in [-0.4, -0.2) is 11.8 Å². The second-order valence-corrected chi connectivity index (χ2v) is 6.53. The number of hydrogen-bond donors (Lipinski definition) is 1. The van der Waals surface area contributed by atoms with Gasteiger partial charge in [-0.15, -0.1) is 0 Å². The van der Waals surface area contributed by atoms with E-state index < -0.39 is 0 Å². The first-order valence-corrected chi connectivity index (χ1v) is 7.66. The second kappa shape index (κ2) is 5.45. The molecule has 0 saturated carbocycles. The minimum atomic E-state index is 0.521. The maximum atomic E-state index is 3.64. The van der Waals surface area contributed by atoms with Gasteiger partial charge in [-0.05, 0) is 29.2 Å². The van der Waals surface area contributed by atoms with Crippen LogP contribution >= 0.6 is 11.8 Å². The van der Waals surface area contributed by atoms with Crippen molar-refractivity contribution in [1.82, 2.24) is 5.32 Å². The summed E-state index contributed by atoms with van der Waals surface area (Å²) in [6, 6.07) is 7.56. The Morgan fingerprint density at radius 3 is 2.82 bits per heavy atom. The van der Waals surface area contributed by atoms with E-state index in [1.54, 1.807) is 0 Å². The van der Waals surface area contributed by atoms with Gasteiger partial charge in [-0.2, -0.15) is 11.8 Å². The van der Waals surface area contributed by atoms with Crippen LogP contribution in [0.25, 0.3) is 0 Å². The number of fused-ring (bicyclic) bond motifs is 1. The van der Waals surface area contributed by atoms with E-state index in [1.807, 2.05) is 0 Å². The smallest absolute Gasteiger partial charge is 0.0441 e. The van der Waals surface area contributed by atoms with Gasteiger partial charge < -0.3 is 5.32 Å². The number of benzene rings is 1. The fraction of sp³-hybridized carbons (Fsp3) is 0.600. The van der Waals surface area contributed by atoms with Crippen LogP contribution in [0.2, 0.25) is 0 Å². The Morgan fingerprint density at radius 1 is 1.41 bits per heavy atom. The zero-order valence-corrected chi connectivity index (χ0v) is 12.1. The molecule has 94 valence electrons. The zero-order valence-electron chi connectivity index (χ0n) is 11.3. The van der Waals surface area contributed by atoms with Crippen LogP contribution in [-0.2, 0) is 5.75 Å². The molecule has 1 heterocycles. The highest BCUT2D eigenvalue weighted by atomic mass is 32.2. The van der Waals surface area contributed by atoms with E-state index in [9.17, 15) is 0 Å². The van der Waals surface area contributed by atoms with Gasteiger partial charge in [0, 0.05) is 17.0 Å². The first-order valence-electron chi connectivity index (χ1n) is 6.61. The molecule has 1 N–H and O–H groups in total. The molecule has 2 heteroatoms. The number of hydrogen-bond acceptors (Lipinski definition) is 2. The monoisotopic (exact) mass is 249 g/mol. The van der Waals surface area contributed by atoms with Crippen LogP contribution in [0, 0.1) is 0 Å². The van der Waals surface area contributed by atoms with Crippen LogP contribution in [0.15, 0.2) is 18.2 Å². The van der Waals surface area contributed by atoms with Gasteiger partial charge in [-0.3, -0.25) is 0 Å². The van der Waals surface area contributed by atoms with Gasteiger partial charge in [0.25, 0.3) is 0 Å². The molecule has 2 unspecified atom stereocenters. The molecule has 0 saturated heterocycles. The summed E-state index contributed by atoms with van der Waals surface area (Å²) in [7, 11) is 0. The van der Waals surface area contributed by atoms with E-state index in [1.165, 1.54) is 16.7 Å². The van der Waals surface area contributed by atoms with Crippen molar-refractivity contribution < 1.29 is 0 Å². The van der Waals surface area contributed by atoms with E-state index in [-0.39, 0.29) is 0 Å². The quantitative estimate of drug-likeness (QED) is 0.865. The molecule has 0 amide bonds. The first-order chi connectivity index (χ1) is 8.13. The van der Waals surface area contributed by atoms with E-state index in [2.05, 4.69) is 63.0 Å². The van der Waals surface area contributed by atoms with Gasteiger partial charge >= 0.3 is 0 Å². The van der Waals surface area contributed by atoms with Crippen LogP contribution in [0.1, 0.15) is 56.3 Å². The third-order valence-electron chi connectivity index (χ3n) is 3.57. The number of nitrogens with one attached hydrogen (secondary N) is 1. The minimum Gasteiger partial charge on any atom is -0.309 e. The van der Waals surface area contributed by atoms with E-state index in [4.69, 9.17) is 0 Å². The molecule has 0 spiro atoms. The minimum absolute atomic E-state index is 0.521. The Balaban J connectivity index is 2.37. The fourth-order valence-corrected chi connectivity index (χ4v) is 3.60. The van der Waals surface area contributed by atoms with Crippen LogP contribution < -0.4 is 5.32 Å². The standard InChI is InChI=1S/C15H23NS/c1-5-16-15-11(4)17-9-13-7-6-12(10(2)3)8-14(13)15/h6-8,10-11,15-16H,5,9H2,1-4H3. The Bertz CT molecular complexity index is 387. The van der Waals surface area contributed by atoms with Gasteiger partial charge in [0.1, 0.15) is 0 Å². The molecular formula is C15H23NS. The molecule has 2 atom stereocenters. The summed E-state index contributed by atoms with van der Waals surface area (Å²) >= 11 is 2.06. The van der Waals surface area contributed by atoms with E-state index in [0.29, 0.717) is 17.2 Å². The lowest BCUT2D eigenvalue weighted by Crippen LogP contribution is -2.31. The summed E-state index contributed by atoms with van der Waals surface area (Å²) in [5.41, 5.74) is 4.51. The van der Waals surface area contributed by atoms with E-state index >= 15 is 0 Å². The summed E-state index contributed by atoms with van der Waals surface area (Å²) in [6.07, 6.45) is 0. The van der Waals surface area contributed by atoms with Gasteiger partial charge in [0.2, 0.25) is 0 Å². The van der Waals surface area contributed by atoms with Gasteiger partial charge in [-0.25, -0.2) is 0 Å². The fourth-order valence-electron chi connectivity index (χ4n) is 2.46. The molecule has 0 fully saturated rings. The predicted octanol–water partition coefficient (Wildman–Crippen LogP) is 4.10. The van der Waals surface area contributed by atoms with Crippen molar-refractivity contribution in [2.75, 3.05) is 6.54 Å². The molecule has 1 nitrogen and oxygen atoms in total. The summed E-state index contributed by atoms with van der Waals surface area (Å²) < 4.78 is 0. The second-order valence-electron chi connectivity index (χ2n) is 5.16. The van der Waals surface area contributed by atoms with Crippen molar-refractivity contribution in [3.05, 3.63) is 34.9 Å². The summed E-state index contributed by atoms with van der Waals surface area (Å²) in [5, 5.41) is 4.31. The maximum absolute atomic E-state index is 3.64. The third-order valence-corrected chi connectivity index (χ3v) is 4.84. The van der Waals surface area contributed by atoms with Crippen molar-refractivity contribution in [3.63, 3.8) is 0 Å². The average molecular weight is 249 g/mol. The van der Waals surface area contributed by atoms with Crippen molar-refractivity contribution in [1.29, 1.82) is 0 Å². The number of thioether (sulfide) groups is 1. The highest BCUT2D eigenvalue weighted by Crippen LogP contribution is 2.38. The van der Waals surface area contributed by atoms with E-state index in [0.717, 1.165) is 12.3 Å². The zero-order chi connectivity index (χ0) is 12.4.